The first kappa shape index (κ1) is 12.4. The molecule has 0 aliphatic heterocycles. The van der Waals surface area contributed by atoms with Crippen molar-refractivity contribution < 1.29 is 13.9 Å². The number of aliphatic hydroxyl groups is 1. The van der Waals surface area contributed by atoms with Crippen LogP contribution in [0.15, 0.2) is 34.9 Å². The molecule has 0 saturated heterocycles. The molecular weight excluding hydrogens is 266 g/mol. The van der Waals surface area contributed by atoms with Gasteiger partial charge in [0.05, 0.1) is 12.4 Å². The Hall–Kier alpha value is -1.03. The van der Waals surface area contributed by atoms with Gasteiger partial charge in [-0.05, 0) is 35.4 Å². The van der Waals surface area contributed by atoms with E-state index in [9.17, 15) is 9.50 Å². The maximum atomic E-state index is 13.5. The molecule has 0 aliphatic carbocycles. The van der Waals surface area contributed by atoms with Crippen molar-refractivity contribution in [1.82, 2.24) is 0 Å². The summed E-state index contributed by atoms with van der Waals surface area (Å²) >= 11 is 11.4. The number of hydrogen-bond acceptors (Lipinski definition) is 2. The normalized spacial score (nSPS) is 12.7. The molecule has 0 spiro atoms. The van der Waals surface area contributed by atoms with Gasteiger partial charge >= 0.3 is 0 Å². The van der Waals surface area contributed by atoms with Crippen LogP contribution in [0.25, 0.3) is 0 Å². The summed E-state index contributed by atoms with van der Waals surface area (Å²) in [6.45, 7) is 0. The minimum atomic E-state index is -0.906. The van der Waals surface area contributed by atoms with Gasteiger partial charge in [0.15, 0.2) is 5.22 Å². The Morgan fingerprint density at radius 1 is 1.29 bits per heavy atom. The van der Waals surface area contributed by atoms with E-state index in [2.05, 4.69) is 0 Å². The van der Waals surface area contributed by atoms with Gasteiger partial charge in [-0.25, -0.2) is 4.39 Å². The number of hydrogen-bond donors (Lipinski definition) is 1. The van der Waals surface area contributed by atoms with Crippen LogP contribution in [0.4, 0.5) is 4.39 Å². The highest BCUT2D eigenvalue weighted by molar-refractivity contribution is 6.30. The van der Waals surface area contributed by atoms with Crippen molar-refractivity contribution in [1.29, 1.82) is 0 Å². The van der Waals surface area contributed by atoms with Crippen LogP contribution in [0, 0.1) is 5.82 Å². The van der Waals surface area contributed by atoms with Crippen molar-refractivity contribution in [3.63, 3.8) is 0 Å². The lowest BCUT2D eigenvalue weighted by Crippen LogP contribution is -2.03. The van der Waals surface area contributed by atoms with Gasteiger partial charge < -0.3 is 9.52 Å². The van der Waals surface area contributed by atoms with E-state index in [1.54, 1.807) is 12.1 Å². The van der Waals surface area contributed by atoms with E-state index in [0.717, 1.165) is 0 Å². The summed E-state index contributed by atoms with van der Waals surface area (Å²) in [5.74, 6) is -0.448. The molecule has 2 rings (SSSR count). The van der Waals surface area contributed by atoms with Gasteiger partial charge in [0.1, 0.15) is 5.82 Å². The van der Waals surface area contributed by atoms with Gasteiger partial charge in [0.25, 0.3) is 0 Å². The maximum Gasteiger partial charge on any atom is 0.198 e. The molecule has 1 N–H and O–H groups in total. The Balaban J connectivity index is 2.19. The molecule has 0 saturated carbocycles. The standard InChI is InChI=1S/C12H9Cl2FO2/c13-8-2-1-7(10(15)6-8)5-11(16)9-3-4-17-12(9)14/h1-4,6,11,16H,5H2. The topological polar surface area (TPSA) is 33.4 Å². The zero-order valence-electron chi connectivity index (χ0n) is 8.66. The molecule has 2 aromatic rings. The monoisotopic (exact) mass is 274 g/mol. The molecule has 90 valence electrons. The third-order valence-electron chi connectivity index (χ3n) is 2.43. The molecule has 1 aromatic heterocycles. The zero-order chi connectivity index (χ0) is 12.4. The summed E-state index contributed by atoms with van der Waals surface area (Å²) < 4.78 is 18.4. The van der Waals surface area contributed by atoms with Crippen molar-refractivity contribution in [2.45, 2.75) is 12.5 Å². The third kappa shape index (κ3) is 2.80. The smallest absolute Gasteiger partial charge is 0.198 e. The predicted octanol–water partition coefficient (Wildman–Crippen LogP) is 4.00. The Labute approximate surface area is 108 Å². The Kier molecular flexibility index (Phi) is 3.72. The average molecular weight is 275 g/mol. The molecular formula is C12H9Cl2FO2. The first-order valence-corrected chi connectivity index (χ1v) is 5.68. The van der Waals surface area contributed by atoms with Crippen LogP contribution in [0.3, 0.4) is 0 Å². The minimum absolute atomic E-state index is 0.113. The van der Waals surface area contributed by atoms with Gasteiger partial charge in [-0.15, -0.1) is 0 Å². The second-order valence-corrected chi connectivity index (χ2v) is 4.39. The molecule has 0 radical (unpaired) electrons. The Morgan fingerprint density at radius 3 is 2.65 bits per heavy atom. The van der Waals surface area contributed by atoms with E-state index < -0.39 is 11.9 Å². The molecule has 0 fully saturated rings. The van der Waals surface area contributed by atoms with E-state index in [1.807, 2.05) is 0 Å². The summed E-state index contributed by atoms with van der Waals surface area (Å²) in [5.41, 5.74) is 0.820. The van der Waals surface area contributed by atoms with Crippen molar-refractivity contribution in [3.05, 3.63) is 57.7 Å². The molecule has 1 aromatic carbocycles. The highest BCUT2D eigenvalue weighted by Gasteiger charge is 2.16. The van der Waals surface area contributed by atoms with Crippen molar-refractivity contribution >= 4 is 23.2 Å². The molecule has 1 unspecified atom stereocenters. The SMILES string of the molecule is OC(Cc1ccc(Cl)cc1F)c1ccoc1Cl. The molecule has 1 heterocycles. The molecule has 0 aliphatic rings. The summed E-state index contributed by atoms with van der Waals surface area (Å²) in [5, 5.41) is 10.3. The van der Waals surface area contributed by atoms with Crippen LogP contribution in [-0.2, 0) is 6.42 Å². The van der Waals surface area contributed by atoms with Crippen LogP contribution in [0.5, 0.6) is 0 Å². The van der Waals surface area contributed by atoms with Gasteiger partial charge in [0, 0.05) is 17.0 Å². The Bertz CT molecular complexity index is 525. The lowest BCUT2D eigenvalue weighted by atomic mass is 10.0. The van der Waals surface area contributed by atoms with Crippen LogP contribution in [0.1, 0.15) is 17.2 Å². The molecule has 0 amide bonds. The predicted molar refractivity (Wildman–Crippen MR) is 63.8 cm³/mol. The van der Waals surface area contributed by atoms with Crippen molar-refractivity contribution in [2.75, 3.05) is 0 Å². The second kappa shape index (κ2) is 5.08. The summed E-state index contributed by atoms with van der Waals surface area (Å²) in [6.07, 6.45) is 0.582. The fourth-order valence-electron chi connectivity index (χ4n) is 1.55. The van der Waals surface area contributed by atoms with E-state index in [1.165, 1.54) is 18.4 Å². The number of aliphatic hydroxyl groups excluding tert-OH is 1. The quantitative estimate of drug-likeness (QED) is 0.918. The van der Waals surface area contributed by atoms with Crippen LogP contribution >= 0.6 is 23.2 Å². The third-order valence-corrected chi connectivity index (χ3v) is 2.98. The lowest BCUT2D eigenvalue weighted by Gasteiger charge is -2.10. The van der Waals surface area contributed by atoms with Crippen molar-refractivity contribution in [2.24, 2.45) is 0 Å². The van der Waals surface area contributed by atoms with Crippen LogP contribution in [-0.4, -0.2) is 5.11 Å². The molecule has 5 heteroatoms. The summed E-state index contributed by atoms with van der Waals surface area (Å²) in [6, 6.07) is 5.87. The van der Waals surface area contributed by atoms with Gasteiger partial charge in [-0.1, -0.05) is 17.7 Å². The van der Waals surface area contributed by atoms with E-state index in [0.29, 0.717) is 16.1 Å². The highest BCUT2D eigenvalue weighted by Crippen LogP contribution is 2.27. The molecule has 17 heavy (non-hydrogen) atoms. The fourth-order valence-corrected chi connectivity index (χ4v) is 1.95. The maximum absolute atomic E-state index is 13.5. The first-order valence-electron chi connectivity index (χ1n) is 4.93. The zero-order valence-corrected chi connectivity index (χ0v) is 10.2. The summed E-state index contributed by atoms with van der Waals surface area (Å²) in [7, 11) is 0. The van der Waals surface area contributed by atoms with E-state index >= 15 is 0 Å². The summed E-state index contributed by atoms with van der Waals surface area (Å²) in [4.78, 5) is 0. The van der Waals surface area contributed by atoms with E-state index in [-0.39, 0.29) is 11.6 Å². The van der Waals surface area contributed by atoms with E-state index in [4.69, 9.17) is 27.6 Å². The Morgan fingerprint density at radius 2 is 2.06 bits per heavy atom. The average Bonchev–Trinajstić information content (AvgIpc) is 2.68. The van der Waals surface area contributed by atoms with Gasteiger partial charge in [0.2, 0.25) is 0 Å². The fraction of sp³-hybridized carbons (Fsp3) is 0.167. The van der Waals surface area contributed by atoms with Crippen molar-refractivity contribution in [3.8, 4) is 0 Å². The number of benzene rings is 1. The molecule has 0 bridgehead atoms. The number of rotatable bonds is 3. The largest absolute Gasteiger partial charge is 0.453 e. The highest BCUT2D eigenvalue weighted by atomic mass is 35.5. The lowest BCUT2D eigenvalue weighted by molar-refractivity contribution is 0.176. The molecule has 1 atom stereocenters. The first-order chi connectivity index (χ1) is 8.08. The second-order valence-electron chi connectivity index (χ2n) is 3.61. The van der Waals surface area contributed by atoms with Gasteiger partial charge in [-0.2, -0.15) is 0 Å². The number of halogens is 3. The minimum Gasteiger partial charge on any atom is -0.453 e. The number of furan rings is 1. The van der Waals surface area contributed by atoms with Gasteiger partial charge in [-0.3, -0.25) is 0 Å². The van der Waals surface area contributed by atoms with Crippen LogP contribution in [0.2, 0.25) is 10.2 Å². The van der Waals surface area contributed by atoms with Crippen LogP contribution < -0.4 is 0 Å². The molecule has 2 nitrogen and oxygen atoms in total.